The quantitative estimate of drug-likeness (QED) is 0.850. The van der Waals surface area contributed by atoms with Gasteiger partial charge in [-0.25, -0.2) is 8.42 Å². The topological polar surface area (TPSA) is 75.7 Å². The Labute approximate surface area is 146 Å². The lowest BCUT2D eigenvalue weighted by Crippen LogP contribution is -2.27. The van der Waals surface area contributed by atoms with Gasteiger partial charge in [-0.1, -0.05) is 11.6 Å². The van der Waals surface area contributed by atoms with Gasteiger partial charge in [0.05, 0.1) is 4.90 Å². The van der Waals surface area contributed by atoms with E-state index in [0.29, 0.717) is 16.5 Å². The molecule has 0 saturated carbocycles. The Balaban J connectivity index is 2.05. The zero-order valence-electron chi connectivity index (χ0n) is 13.2. The van der Waals surface area contributed by atoms with Gasteiger partial charge in [-0.05, 0) is 48.5 Å². The first-order chi connectivity index (χ1) is 11.3. The van der Waals surface area contributed by atoms with Crippen LogP contribution in [0.4, 0.5) is 5.69 Å². The van der Waals surface area contributed by atoms with Crippen LogP contribution in [0.15, 0.2) is 53.4 Å². The van der Waals surface area contributed by atoms with E-state index in [1.54, 1.807) is 38.4 Å². The molecule has 0 aliphatic heterocycles. The van der Waals surface area contributed by atoms with Gasteiger partial charge in [-0.2, -0.15) is 0 Å². The highest BCUT2D eigenvalue weighted by Crippen LogP contribution is 2.20. The molecule has 2 aromatic carbocycles. The van der Waals surface area contributed by atoms with Gasteiger partial charge < -0.3 is 9.64 Å². The highest BCUT2D eigenvalue weighted by atomic mass is 35.5. The molecule has 24 heavy (non-hydrogen) atoms. The van der Waals surface area contributed by atoms with Crippen LogP contribution in [0.3, 0.4) is 0 Å². The van der Waals surface area contributed by atoms with E-state index in [2.05, 4.69) is 4.72 Å². The molecule has 0 aliphatic rings. The van der Waals surface area contributed by atoms with Crippen molar-refractivity contribution in [3.8, 4) is 5.75 Å². The highest BCUT2D eigenvalue weighted by molar-refractivity contribution is 7.92. The molecule has 0 fully saturated rings. The predicted octanol–water partition coefficient (Wildman–Crippen LogP) is 2.61. The van der Waals surface area contributed by atoms with Crippen LogP contribution >= 0.6 is 11.6 Å². The number of carbonyl (C=O) groups is 1. The molecule has 6 nitrogen and oxygen atoms in total. The van der Waals surface area contributed by atoms with Crippen LogP contribution in [0.25, 0.3) is 0 Å². The van der Waals surface area contributed by atoms with Crippen LogP contribution in [0.2, 0.25) is 5.02 Å². The monoisotopic (exact) mass is 368 g/mol. The van der Waals surface area contributed by atoms with E-state index in [0.717, 1.165) is 0 Å². The molecule has 0 saturated heterocycles. The number of carbonyl (C=O) groups excluding carboxylic acids is 1. The molecule has 0 bridgehead atoms. The van der Waals surface area contributed by atoms with Crippen LogP contribution in [0.5, 0.6) is 5.75 Å². The molecular weight excluding hydrogens is 352 g/mol. The minimum atomic E-state index is -3.71. The van der Waals surface area contributed by atoms with E-state index in [1.165, 1.54) is 29.2 Å². The predicted molar refractivity (Wildman–Crippen MR) is 92.9 cm³/mol. The molecule has 2 aromatic rings. The summed E-state index contributed by atoms with van der Waals surface area (Å²) >= 11 is 5.77. The van der Waals surface area contributed by atoms with Crippen molar-refractivity contribution in [1.29, 1.82) is 0 Å². The minimum Gasteiger partial charge on any atom is -0.484 e. The van der Waals surface area contributed by atoms with Gasteiger partial charge in [0, 0.05) is 24.8 Å². The zero-order chi connectivity index (χ0) is 17.7. The fraction of sp³-hybridized carbons (Fsp3) is 0.188. The average Bonchev–Trinajstić information content (AvgIpc) is 2.55. The Morgan fingerprint density at radius 2 is 1.67 bits per heavy atom. The maximum Gasteiger partial charge on any atom is 0.261 e. The average molecular weight is 369 g/mol. The molecule has 0 spiro atoms. The molecule has 8 heteroatoms. The molecule has 0 radical (unpaired) electrons. The van der Waals surface area contributed by atoms with Gasteiger partial charge in [0.1, 0.15) is 5.75 Å². The van der Waals surface area contributed by atoms with E-state index in [1.807, 2.05) is 0 Å². The summed E-state index contributed by atoms with van der Waals surface area (Å²) in [5.74, 6) is 0.228. The zero-order valence-corrected chi connectivity index (χ0v) is 14.8. The third-order valence-corrected chi connectivity index (χ3v) is 4.74. The molecular formula is C16H17ClN2O4S. The van der Waals surface area contributed by atoms with Gasteiger partial charge in [0.15, 0.2) is 6.61 Å². The molecule has 1 amide bonds. The fourth-order valence-electron chi connectivity index (χ4n) is 1.72. The molecule has 128 valence electrons. The summed E-state index contributed by atoms with van der Waals surface area (Å²) < 4.78 is 32.4. The van der Waals surface area contributed by atoms with Gasteiger partial charge in [0.2, 0.25) is 0 Å². The SMILES string of the molecule is CN(C)C(=O)COc1ccc(S(=O)(=O)Nc2ccc(Cl)cc2)cc1. The Morgan fingerprint density at radius 1 is 1.08 bits per heavy atom. The third-order valence-electron chi connectivity index (χ3n) is 3.09. The van der Waals surface area contributed by atoms with Gasteiger partial charge >= 0.3 is 0 Å². The molecule has 0 atom stereocenters. The number of benzene rings is 2. The van der Waals surface area contributed by atoms with Crippen LogP contribution in [0.1, 0.15) is 0 Å². The summed E-state index contributed by atoms with van der Waals surface area (Å²) in [6.07, 6.45) is 0. The largest absolute Gasteiger partial charge is 0.484 e. The maximum absolute atomic E-state index is 12.3. The van der Waals surface area contributed by atoms with Crippen molar-refractivity contribution < 1.29 is 17.9 Å². The van der Waals surface area contributed by atoms with E-state index in [-0.39, 0.29) is 17.4 Å². The molecule has 0 heterocycles. The number of halogens is 1. The number of likely N-dealkylation sites (N-methyl/N-ethyl adjacent to an activating group) is 1. The summed E-state index contributed by atoms with van der Waals surface area (Å²) in [5, 5.41) is 0.520. The third kappa shape index (κ3) is 4.87. The van der Waals surface area contributed by atoms with Crippen molar-refractivity contribution in [2.45, 2.75) is 4.90 Å². The van der Waals surface area contributed by atoms with E-state index >= 15 is 0 Å². The van der Waals surface area contributed by atoms with Crippen LogP contribution in [0, 0.1) is 0 Å². The van der Waals surface area contributed by atoms with E-state index in [9.17, 15) is 13.2 Å². The number of nitrogens with zero attached hydrogens (tertiary/aromatic N) is 1. The first kappa shape index (κ1) is 18.1. The lowest BCUT2D eigenvalue weighted by molar-refractivity contribution is -0.130. The number of sulfonamides is 1. The Kier molecular flexibility index (Phi) is 5.69. The van der Waals surface area contributed by atoms with E-state index in [4.69, 9.17) is 16.3 Å². The van der Waals surface area contributed by atoms with Crippen LogP contribution in [-0.2, 0) is 14.8 Å². The van der Waals surface area contributed by atoms with Crippen LogP contribution < -0.4 is 9.46 Å². The lowest BCUT2D eigenvalue weighted by Gasteiger charge is -2.12. The number of anilines is 1. The van der Waals surface area contributed by atoms with Gasteiger partial charge in [0.25, 0.3) is 15.9 Å². The van der Waals surface area contributed by atoms with Crippen molar-refractivity contribution in [1.82, 2.24) is 4.90 Å². The standard InChI is InChI=1S/C16H17ClN2O4S/c1-19(2)16(20)11-23-14-7-9-15(10-8-14)24(21,22)18-13-5-3-12(17)4-6-13/h3-10,18H,11H2,1-2H3. The van der Waals surface area contributed by atoms with E-state index < -0.39 is 10.0 Å². The Bertz CT molecular complexity index is 803. The van der Waals surface area contributed by atoms with Crippen molar-refractivity contribution >= 4 is 33.2 Å². The Hall–Kier alpha value is -2.25. The second kappa shape index (κ2) is 7.55. The second-order valence-corrected chi connectivity index (χ2v) is 7.28. The number of nitrogens with one attached hydrogen (secondary N) is 1. The first-order valence-electron chi connectivity index (χ1n) is 6.99. The number of hydrogen-bond acceptors (Lipinski definition) is 4. The minimum absolute atomic E-state index is 0.0868. The van der Waals surface area contributed by atoms with Crippen molar-refractivity contribution in [2.24, 2.45) is 0 Å². The molecule has 0 aliphatic carbocycles. The highest BCUT2D eigenvalue weighted by Gasteiger charge is 2.14. The maximum atomic E-state index is 12.3. The summed E-state index contributed by atoms with van der Waals surface area (Å²) in [4.78, 5) is 13.0. The molecule has 2 rings (SSSR count). The summed E-state index contributed by atoms with van der Waals surface area (Å²) in [6, 6.07) is 12.2. The van der Waals surface area contributed by atoms with Crippen LogP contribution in [-0.4, -0.2) is 39.9 Å². The second-order valence-electron chi connectivity index (χ2n) is 5.16. The fourth-order valence-corrected chi connectivity index (χ4v) is 2.91. The van der Waals surface area contributed by atoms with Gasteiger partial charge in [-0.15, -0.1) is 0 Å². The number of ether oxygens (including phenoxy) is 1. The number of rotatable bonds is 6. The molecule has 1 N–H and O–H groups in total. The van der Waals surface area contributed by atoms with Crippen molar-refractivity contribution in [3.63, 3.8) is 0 Å². The summed E-state index contributed by atoms with van der Waals surface area (Å²) in [7, 11) is -0.454. The summed E-state index contributed by atoms with van der Waals surface area (Å²) in [5.41, 5.74) is 0.413. The first-order valence-corrected chi connectivity index (χ1v) is 8.85. The smallest absolute Gasteiger partial charge is 0.261 e. The lowest BCUT2D eigenvalue weighted by atomic mass is 10.3. The van der Waals surface area contributed by atoms with Crippen molar-refractivity contribution in [3.05, 3.63) is 53.6 Å². The molecule has 0 unspecified atom stereocenters. The van der Waals surface area contributed by atoms with Crippen molar-refractivity contribution in [2.75, 3.05) is 25.4 Å². The normalized spacial score (nSPS) is 11.0. The summed E-state index contributed by atoms with van der Waals surface area (Å²) in [6.45, 7) is -0.109. The van der Waals surface area contributed by atoms with Gasteiger partial charge in [-0.3, -0.25) is 9.52 Å². The number of amides is 1. The molecule has 0 aromatic heterocycles. The number of hydrogen-bond donors (Lipinski definition) is 1. The Morgan fingerprint density at radius 3 is 2.21 bits per heavy atom.